The summed E-state index contributed by atoms with van der Waals surface area (Å²) in [7, 11) is 6.12. The Bertz CT molecular complexity index is 1470. The van der Waals surface area contributed by atoms with Gasteiger partial charge in [-0.05, 0) is 36.5 Å². The van der Waals surface area contributed by atoms with Crippen LogP contribution in [0.2, 0.25) is 5.02 Å². The summed E-state index contributed by atoms with van der Waals surface area (Å²) in [6.45, 7) is 7.14. The lowest BCUT2D eigenvalue weighted by molar-refractivity contribution is 0.260. The van der Waals surface area contributed by atoms with Crippen LogP contribution in [0.1, 0.15) is 44.7 Å². The molecule has 0 bridgehead atoms. The van der Waals surface area contributed by atoms with Crippen molar-refractivity contribution in [3.05, 3.63) is 64.7 Å². The first-order valence-electron chi connectivity index (χ1n) is 13.2. The minimum Gasteiger partial charge on any atom is -0.383 e. The van der Waals surface area contributed by atoms with E-state index in [0.29, 0.717) is 28.7 Å². The molecule has 2 aliphatic rings. The normalized spacial score (nSPS) is 16.7. The van der Waals surface area contributed by atoms with Crippen LogP contribution in [-0.2, 0) is 5.44 Å². The molecule has 1 unspecified atom stereocenters. The van der Waals surface area contributed by atoms with Gasteiger partial charge in [-0.25, -0.2) is 4.98 Å². The first-order valence-corrected chi connectivity index (χ1v) is 13.6. The number of hydrogen-bond acceptors (Lipinski definition) is 9. The average Bonchev–Trinajstić information content (AvgIpc) is 3.62. The second-order valence-corrected chi connectivity index (χ2v) is 12.3. The quantitative estimate of drug-likeness (QED) is 0.315. The third-order valence-corrected chi connectivity index (χ3v) is 7.34. The molecule has 0 radical (unpaired) electrons. The molecule has 11 heteroatoms. The highest BCUT2D eigenvalue weighted by Crippen LogP contribution is 2.40. The molecule has 5 rings (SSSR count). The van der Waals surface area contributed by atoms with Crippen molar-refractivity contribution >= 4 is 47.5 Å². The van der Waals surface area contributed by atoms with Crippen molar-refractivity contribution < 1.29 is 0 Å². The van der Waals surface area contributed by atoms with Crippen molar-refractivity contribution in [2.75, 3.05) is 36.2 Å². The maximum absolute atomic E-state index is 9.86. The molecule has 1 aliphatic heterocycles. The fourth-order valence-electron chi connectivity index (χ4n) is 4.80. The van der Waals surface area contributed by atoms with Crippen LogP contribution in [0.5, 0.6) is 0 Å². The number of benzene rings is 1. The number of fused-ring (bicyclic) bond motifs is 1. The van der Waals surface area contributed by atoms with E-state index in [0.717, 1.165) is 46.7 Å². The predicted molar refractivity (Wildman–Crippen MR) is 161 cm³/mol. The maximum atomic E-state index is 9.86. The largest absolute Gasteiger partial charge is 0.383 e. The standard InChI is InChI=1S/C28H35BClN9/c1-27(2,3)16-34-24-17(13-31)14-33-25-20(24)11-18(12-22(25)30)35-28(29,21-7-6-10-32-26(21)38(4)5)23-15-39(37-36-23)19-8-9-19/h6-7,10-12,14-15,19,35-37H,8-9,16,29H2,1-5H3,(H,33,34). The predicted octanol–water partition coefficient (Wildman–Crippen LogP) is 3.91. The molecular weight excluding hydrogens is 509 g/mol. The van der Waals surface area contributed by atoms with Gasteiger partial charge in [0, 0.05) is 61.9 Å². The van der Waals surface area contributed by atoms with Gasteiger partial charge in [0.05, 0.1) is 32.9 Å². The number of hydrogen-bond donors (Lipinski definition) is 4. The Kier molecular flexibility index (Phi) is 6.99. The number of nitrogens with one attached hydrogen (secondary N) is 4. The fourth-order valence-corrected chi connectivity index (χ4v) is 5.07. The van der Waals surface area contributed by atoms with Crippen molar-refractivity contribution in [1.29, 1.82) is 5.26 Å². The zero-order valence-corrected chi connectivity index (χ0v) is 24.1. The molecule has 1 aromatic carbocycles. The number of nitrogens with zero attached hydrogens (tertiary/aromatic N) is 5. The Morgan fingerprint density at radius 1 is 1.26 bits per heavy atom. The molecular formula is C28H35BClN9. The van der Waals surface area contributed by atoms with Gasteiger partial charge in [0.2, 0.25) is 0 Å². The Hall–Kier alpha value is -3.68. The number of nitriles is 1. The van der Waals surface area contributed by atoms with Crippen molar-refractivity contribution in [2.45, 2.75) is 45.1 Å². The minimum atomic E-state index is -0.708. The van der Waals surface area contributed by atoms with Crippen LogP contribution in [0.4, 0.5) is 17.2 Å². The Morgan fingerprint density at radius 2 is 2.03 bits per heavy atom. The van der Waals surface area contributed by atoms with E-state index in [4.69, 9.17) is 16.6 Å². The van der Waals surface area contributed by atoms with E-state index >= 15 is 0 Å². The topological polar surface area (TPSA) is 104 Å². The molecule has 0 saturated heterocycles. The molecule has 4 N–H and O–H groups in total. The van der Waals surface area contributed by atoms with Gasteiger partial charge in [-0.1, -0.05) is 38.4 Å². The lowest BCUT2D eigenvalue weighted by atomic mass is 9.69. The van der Waals surface area contributed by atoms with Crippen molar-refractivity contribution in [3.63, 3.8) is 0 Å². The van der Waals surface area contributed by atoms with Gasteiger partial charge in [-0.3, -0.25) is 9.99 Å². The summed E-state index contributed by atoms with van der Waals surface area (Å²) in [5, 5.41) is 20.6. The molecule has 3 aromatic rings. The van der Waals surface area contributed by atoms with Crippen LogP contribution in [0.25, 0.3) is 10.9 Å². The maximum Gasteiger partial charge on any atom is 0.148 e. The van der Waals surface area contributed by atoms with Gasteiger partial charge in [0.25, 0.3) is 0 Å². The molecule has 1 aliphatic carbocycles. The van der Waals surface area contributed by atoms with E-state index < -0.39 is 5.44 Å². The highest BCUT2D eigenvalue weighted by Gasteiger charge is 2.40. The number of rotatable bonds is 8. The average molecular weight is 544 g/mol. The molecule has 9 nitrogen and oxygen atoms in total. The first kappa shape index (κ1) is 26.9. The molecule has 0 spiro atoms. The zero-order valence-electron chi connectivity index (χ0n) is 23.4. The van der Waals surface area contributed by atoms with Gasteiger partial charge in [0.1, 0.15) is 19.7 Å². The van der Waals surface area contributed by atoms with Gasteiger partial charge in [-0.2, -0.15) is 5.26 Å². The molecule has 0 amide bonds. The summed E-state index contributed by atoms with van der Waals surface area (Å²) in [5.41, 5.74) is 10.6. The van der Waals surface area contributed by atoms with Crippen LogP contribution in [0, 0.1) is 16.7 Å². The highest BCUT2D eigenvalue weighted by molar-refractivity contribution is 6.36. The van der Waals surface area contributed by atoms with Crippen LogP contribution in [0.15, 0.2) is 48.6 Å². The molecule has 202 valence electrons. The molecule has 1 saturated carbocycles. The summed E-state index contributed by atoms with van der Waals surface area (Å²) in [4.78, 5) is 11.2. The third kappa shape index (κ3) is 5.42. The zero-order chi connectivity index (χ0) is 27.9. The summed E-state index contributed by atoms with van der Waals surface area (Å²) in [6, 6.07) is 10.7. The Labute approximate surface area is 236 Å². The number of halogens is 1. The van der Waals surface area contributed by atoms with E-state index in [2.05, 4.69) is 78.5 Å². The van der Waals surface area contributed by atoms with Gasteiger partial charge < -0.3 is 21.0 Å². The van der Waals surface area contributed by atoms with Crippen LogP contribution in [0.3, 0.4) is 0 Å². The van der Waals surface area contributed by atoms with E-state index in [1.54, 1.807) is 12.4 Å². The SMILES string of the molecule is BC(Nc1cc(Cl)c2ncc(C#N)c(NCC(C)(C)C)c2c1)(C1=CN(C2CC2)NN1)c1cccnc1N(C)C. The number of aromatic nitrogens is 2. The molecule has 1 fully saturated rings. The van der Waals surface area contributed by atoms with E-state index in [9.17, 15) is 5.26 Å². The molecule has 2 aromatic heterocycles. The van der Waals surface area contributed by atoms with Crippen molar-refractivity contribution in [2.24, 2.45) is 5.41 Å². The Morgan fingerprint density at radius 3 is 2.69 bits per heavy atom. The summed E-state index contributed by atoms with van der Waals surface area (Å²) < 4.78 is 0. The van der Waals surface area contributed by atoms with Gasteiger partial charge >= 0.3 is 0 Å². The van der Waals surface area contributed by atoms with Crippen molar-refractivity contribution in [1.82, 2.24) is 25.9 Å². The van der Waals surface area contributed by atoms with Crippen LogP contribution >= 0.6 is 11.6 Å². The third-order valence-electron chi connectivity index (χ3n) is 7.05. The smallest absolute Gasteiger partial charge is 0.148 e. The minimum absolute atomic E-state index is 0.0183. The summed E-state index contributed by atoms with van der Waals surface area (Å²) in [5.74, 6) is 0.855. The first-order chi connectivity index (χ1) is 18.5. The second kappa shape index (κ2) is 10.1. The second-order valence-electron chi connectivity index (χ2n) is 11.9. The lowest BCUT2D eigenvalue weighted by Gasteiger charge is -2.36. The van der Waals surface area contributed by atoms with E-state index in [1.165, 1.54) is 0 Å². The van der Waals surface area contributed by atoms with Crippen LogP contribution in [-0.4, -0.2) is 49.5 Å². The molecule has 3 heterocycles. The Balaban J connectivity index is 1.64. The number of anilines is 3. The highest BCUT2D eigenvalue weighted by atomic mass is 35.5. The molecule has 39 heavy (non-hydrogen) atoms. The molecule has 1 atom stereocenters. The number of hydrazine groups is 2. The van der Waals surface area contributed by atoms with E-state index in [1.807, 2.05) is 37.2 Å². The van der Waals surface area contributed by atoms with E-state index in [-0.39, 0.29) is 5.41 Å². The monoisotopic (exact) mass is 543 g/mol. The van der Waals surface area contributed by atoms with Gasteiger partial charge in [-0.15, -0.1) is 5.53 Å². The lowest BCUT2D eigenvalue weighted by Crippen LogP contribution is -2.46. The summed E-state index contributed by atoms with van der Waals surface area (Å²) >= 11 is 6.82. The fraction of sp³-hybridized carbons (Fsp3) is 0.393. The van der Waals surface area contributed by atoms with Crippen molar-refractivity contribution in [3.8, 4) is 6.07 Å². The van der Waals surface area contributed by atoms with Crippen LogP contribution < -0.4 is 26.5 Å². The van der Waals surface area contributed by atoms with Gasteiger partial charge in [0.15, 0.2) is 0 Å². The number of pyridine rings is 2. The summed E-state index contributed by atoms with van der Waals surface area (Å²) in [6.07, 6.45) is 7.85.